The third kappa shape index (κ3) is 3.96. The molecule has 0 heterocycles. The third-order valence-electron chi connectivity index (χ3n) is 3.51. The van der Waals surface area contributed by atoms with Gasteiger partial charge >= 0.3 is 0 Å². The van der Waals surface area contributed by atoms with Crippen molar-refractivity contribution in [2.24, 2.45) is 0 Å². The van der Waals surface area contributed by atoms with Crippen LogP contribution in [0, 0.1) is 6.92 Å². The molecule has 1 aromatic carbocycles. The van der Waals surface area contributed by atoms with Gasteiger partial charge < -0.3 is 15.2 Å². The predicted octanol–water partition coefficient (Wildman–Crippen LogP) is 2.39. The average Bonchev–Trinajstić information content (AvgIpc) is 2.91. The van der Waals surface area contributed by atoms with Gasteiger partial charge in [-0.15, -0.1) is 0 Å². The summed E-state index contributed by atoms with van der Waals surface area (Å²) in [6.07, 6.45) is 5.15. The largest absolute Gasteiger partial charge is 0.508 e. The standard InChI is InChI=1S/C15H21NO3/c1-11-6-7-12(10-14(11)17)15(18)16-8-9-19-13-4-2-3-5-13/h6-7,10,13,17H,2-5,8-9H2,1H3,(H,16,18). The first-order chi connectivity index (χ1) is 9.16. The number of ether oxygens (including phenoxy) is 1. The second-order valence-electron chi connectivity index (χ2n) is 5.03. The smallest absolute Gasteiger partial charge is 0.251 e. The minimum absolute atomic E-state index is 0.148. The molecule has 2 rings (SSSR count). The molecule has 0 aromatic heterocycles. The van der Waals surface area contributed by atoms with Crippen molar-refractivity contribution in [3.8, 4) is 5.75 Å². The lowest BCUT2D eigenvalue weighted by Crippen LogP contribution is -2.28. The monoisotopic (exact) mass is 263 g/mol. The van der Waals surface area contributed by atoms with E-state index in [-0.39, 0.29) is 11.7 Å². The van der Waals surface area contributed by atoms with Crippen molar-refractivity contribution >= 4 is 5.91 Å². The molecule has 4 nitrogen and oxygen atoms in total. The van der Waals surface area contributed by atoms with E-state index in [4.69, 9.17) is 4.74 Å². The van der Waals surface area contributed by atoms with Gasteiger partial charge in [0.1, 0.15) is 5.75 Å². The second-order valence-corrected chi connectivity index (χ2v) is 5.03. The SMILES string of the molecule is Cc1ccc(C(=O)NCCOC2CCCC2)cc1O. The number of amides is 1. The zero-order valence-corrected chi connectivity index (χ0v) is 11.3. The molecule has 0 spiro atoms. The predicted molar refractivity (Wildman–Crippen MR) is 73.4 cm³/mol. The molecule has 0 unspecified atom stereocenters. The Morgan fingerprint density at radius 3 is 2.84 bits per heavy atom. The molecule has 4 heteroatoms. The highest BCUT2D eigenvalue weighted by Gasteiger charge is 2.15. The zero-order chi connectivity index (χ0) is 13.7. The molecule has 0 saturated heterocycles. The summed E-state index contributed by atoms with van der Waals surface area (Å²) in [4.78, 5) is 11.8. The number of aromatic hydroxyl groups is 1. The van der Waals surface area contributed by atoms with Crippen LogP contribution in [0.1, 0.15) is 41.6 Å². The summed E-state index contributed by atoms with van der Waals surface area (Å²) in [7, 11) is 0. The van der Waals surface area contributed by atoms with Crippen molar-refractivity contribution in [1.29, 1.82) is 0 Å². The number of carbonyl (C=O) groups excluding carboxylic acids is 1. The summed E-state index contributed by atoms with van der Waals surface area (Å²) in [5, 5.41) is 12.4. The van der Waals surface area contributed by atoms with E-state index >= 15 is 0 Å². The van der Waals surface area contributed by atoms with Gasteiger partial charge in [-0.1, -0.05) is 18.9 Å². The molecule has 0 aliphatic heterocycles. The second kappa shape index (κ2) is 6.57. The molecule has 19 heavy (non-hydrogen) atoms. The number of rotatable bonds is 5. The van der Waals surface area contributed by atoms with E-state index in [0.29, 0.717) is 24.8 Å². The van der Waals surface area contributed by atoms with E-state index in [1.807, 2.05) is 0 Å². The summed E-state index contributed by atoms with van der Waals surface area (Å²) in [5.74, 6) is -0.0276. The van der Waals surface area contributed by atoms with E-state index in [2.05, 4.69) is 5.32 Å². The van der Waals surface area contributed by atoms with Crippen LogP contribution in [0.3, 0.4) is 0 Å². The molecule has 1 aromatic rings. The quantitative estimate of drug-likeness (QED) is 0.802. The lowest BCUT2D eigenvalue weighted by Gasteiger charge is -2.11. The van der Waals surface area contributed by atoms with Crippen LogP contribution >= 0.6 is 0 Å². The molecule has 2 N–H and O–H groups in total. The maximum atomic E-state index is 11.8. The highest BCUT2D eigenvalue weighted by molar-refractivity contribution is 5.94. The number of carbonyl (C=O) groups is 1. The Morgan fingerprint density at radius 1 is 1.42 bits per heavy atom. The molecule has 1 amide bonds. The Morgan fingerprint density at radius 2 is 2.16 bits per heavy atom. The highest BCUT2D eigenvalue weighted by atomic mass is 16.5. The van der Waals surface area contributed by atoms with Crippen molar-refractivity contribution in [1.82, 2.24) is 5.32 Å². The number of benzene rings is 1. The van der Waals surface area contributed by atoms with Crippen LogP contribution in [0.25, 0.3) is 0 Å². The van der Waals surface area contributed by atoms with Gasteiger partial charge in [0, 0.05) is 12.1 Å². The molecular weight excluding hydrogens is 242 g/mol. The molecular formula is C15H21NO3. The molecule has 0 radical (unpaired) electrons. The number of hydrogen-bond acceptors (Lipinski definition) is 3. The molecule has 1 saturated carbocycles. The van der Waals surface area contributed by atoms with E-state index in [9.17, 15) is 9.90 Å². The van der Waals surface area contributed by atoms with Crippen LogP contribution in [0.2, 0.25) is 0 Å². The Bertz CT molecular complexity index is 439. The van der Waals surface area contributed by atoms with Crippen molar-refractivity contribution in [3.05, 3.63) is 29.3 Å². The number of nitrogens with one attached hydrogen (secondary N) is 1. The van der Waals surface area contributed by atoms with Gasteiger partial charge in [-0.25, -0.2) is 0 Å². The molecule has 104 valence electrons. The van der Waals surface area contributed by atoms with E-state index in [0.717, 1.165) is 18.4 Å². The lowest BCUT2D eigenvalue weighted by atomic mass is 10.1. The molecule has 1 fully saturated rings. The number of aryl methyl sites for hydroxylation is 1. The molecule has 1 aliphatic rings. The zero-order valence-electron chi connectivity index (χ0n) is 11.3. The minimum atomic E-state index is -0.176. The Kier molecular flexibility index (Phi) is 4.80. The number of phenols is 1. The lowest BCUT2D eigenvalue weighted by molar-refractivity contribution is 0.0582. The first kappa shape index (κ1) is 13.9. The van der Waals surface area contributed by atoms with E-state index in [1.165, 1.54) is 18.9 Å². The van der Waals surface area contributed by atoms with Gasteiger partial charge in [0.25, 0.3) is 5.91 Å². The van der Waals surface area contributed by atoms with Crippen LogP contribution in [-0.4, -0.2) is 30.3 Å². The number of phenolic OH excluding ortho intramolecular Hbond substituents is 1. The topological polar surface area (TPSA) is 58.6 Å². The van der Waals surface area contributed by atoms with Crippen molar-refractivity contribution in [2.75, 3.05) is 13.2 Å². The van der Waals surface area contributed by atoms with Crippen molar-refractivity contribution < 1.29 is 14.6 Å². The van der Waals surface area contributed by atoms with E-state index in [1.54, 1.807) is 19.1 Å². The molecule has 0 bridgehead atoms. The fourth-order valence-corrected chi connectivity index (χ4v) is 2.30. The summed E-state index contributed by atoms with van der Waals surface area (Å²) >= 11 is 0. The van der Waals surface area contributed by atoms with Crippen molar-refractivity contribution in [3.63, 3.8) is 0 Å². The van der Waals surface area contributed by atoms with Gasteiger partial charge in [-0.05, 0) is 37.5 Å². The van der Waals surface area contributed by atoms with Crippen LogP contribution in [-0.2, 0) is 4.74 Å². The van der Waals surface area contributed by atoms with E-state index < -0.39 is 0 Å². The van der Waals surface area contributed by atoms with Crippen LogP contribution in [0.15, 0.2) is 18.2 Å². The Labute approximate surface area is 113 Å². The Balaban J connectivity index is 1.72. The summed E-state index contributed by atoms with van der Waals surface area (Å²) in [5.41, 5.74) is 1.24. The van der Waals surface area contributed by atoms with Gasteiger partial charge in [0.05, 0.1) is 12.7 Å². The van der Waals surface area contributed by atoms with Gasteiger partial charge in [0.2, 0.25) is 0 Å². The maximum Gasteiger partial charge on any atom is 0.251 e. The number of hydrogen-bond donors (Lipinski definition) is 2. The average molecular weight is 263 g/mol. The fraction of sp³-hybridized carbons (Fsp3) is 0.533. The third-order valence-corrected chi connectivity index (χ3v) is 3.51. The molecule has 0 atom stereocenters. The maximum absolute atomic E-state index is 11.8. The van der Waals surface area contributed by atoms with Crippen LogP contribution in [0.4, 0.5) is 0 Å². The first-order valence-electron chi connectivity index (χ1n) is 6.86. The highest BCUT2D eigenvalue weighted by Crippen LogP contribution is 2.20. The normalized spacial score (nSPS) is 15.6. The van der Waals surface area contributed by atoms with Crippen LogP contribution < -0.4 is 5.32 Å². The molecule has 1 aliphatic carbocycles. The van der Waals surface area contributed by atoms with Crippen molar-refractivity contribution in [2.45, 2.75) is 38.7 Å². The fourth-order valence-electron chi connectivity index (χ4n) is 2.30. The summed E-state index contributed by atoms with van der Waals surface area (Å²) in [6, 6.07) is 4.93. The minimum Gasteiger partial charge on any atom is -0.508 e. The van der Waals surface area contributed by atoms with Gasteiger partial charge in [-0.3, -0.25) is 4.79 Å². The summed E-state index contributed by atoms with van der Waals surface area (Å²) < 4.78 is 5.67. The first-order valence-corrected chi connectivity index (χ1v) is 6.86. The Hall–Kier alpha value is -1.55. The van der Waals surface area contributed by atoms with Crippen LogP contribution in [0.5, 0.6) is 5.75 Å². The summed E-state index contributed by atoms with van der Waals surface area (Å²) in [6.45, 7) is 2.85. The van der Waals surface area contributed by atoms with Gasteiger partial charge in [-0.2, -0.15) is 0 Å². The van der Waals surface area contributed by atoms with Gasteiger partial charge in [0.15, 0.2) is 0 Å².